The molecule has 6 heteroatoms. The monoisotopic (exact) mass is 317 g/mol. The van der Waals surface area contributed by atoms with Crippen LogP contribution in [0.5, 0.6) is 0 Å². The first-order valence-electron chi connectivity index (χ1n) is 7.88. The van der Waals surface area contributed by atoms with Crippen LogP contribution in [0.1, 0.15) is 43.2 Å². The second kappa shape index (κ2) is 6.71. The van der Waals surface area contributed by atoms with Gasteiger partial charge in [-0.1, -0.05) is 0 Å². The summed E-state index contributed by atoms with van der Waals surface area (Å²) in [6.07, 6.45) is 6.15. The van der Waals surface area contributed by atoms with E-state index in [2.05, 4.69) is 34.0 Å². The molecule has 1 aliphatic heterocycles. The van der Waals surface area contributed by atoms with Gasteiger partial charge in [-0.3, -0.25) is 0 Å². The van der Waals surface area contributed by atoms with Crippen molar-refractivity contribution in [2.45, 2.75) is 45.6 Å². The molecule has 3 rings (SSSR count). The summed E-state index contributed by atoms with van der Waals surface area (Å²) in [5.74, 6) is 1.14. The summed E-state index contributed by atoms with van der Waals surface area (Å²) in [7, 11) is 0. The predicted molar refractivity (Wildman–Crippen MR) is 90.8 cm³/mol. The van der Waals surface area contributed by atoms with Crippen LogP contribution in [-0.4, -0.2) is 39.0 Å². The predicted octanol–water partition coefficient (Wildman–Crippen LogP) is 3.57. The molecule has 0 spiro atoms. The Labute approximate surface area is 135 Å². The lowest BCUT2D eigenvalue weighted by molar-refractivity contribution is 0.166. The third-order valence-electron chi connectivity index (χ3n) is 4.12. The van der Waals surface area contributed by atoms with Crippen LogP contribution in [0.4, 0.5) is 11.1 Å². The van der Waals surface area contributed by atoms with Gasteiger partial charge in [-0.05, 0) is 46.2 Å². The minimum Gasteiger partial charge on any atom is -0.300 e. The number of rotatable bonds is 4. The zero-order valence-corrected chi connectivity index (χ0v) is 14.2. The van der Waals surface area contributed by atoms with Crippen molar-refractivity contribution in [3.05, 3.63) is 29.0 Å². The zero-order chi connectivity index (χ0) is 15.5. The minimum absolute atomic E-state index is 0.498. The topological polar surface area (TPSA) is 53.9 Å². The molecule has 0 radical (unpaired) electrons. The van der Waals surface area contributed by atoms with E-state index < -0.39 is 0 Å². The molecular formula is C16H23N5S. The summed E-state index contributed by atoms with van der Waals surface area (Å²) in [5, 5.41) is 4.06. The Kier molecular flexibility index (Phi) is 4.69. The van der Waals surface area contributed by atoms with E-state index in [1.807, 2.05) is 25.4 Å². The standard InChI is InChI=1S/C16H23N5S/c1-11(2)21-8-4-5-13(10-21)14-6-7-17-15(19-14)20-16-18-9-12(3)22-16/h6-7,9,11,13H,4-5,8,10H2,1-3H3,(H,17,18,19,20). The first kappa shape index (κ1) is 15.4. The smallest absolute Gasteiger partial charge is 0.229 e. The quantitative estimate of drug-likeness (QED) is 0.934. The zero-order valence-electron chi connectivity index (χ0n) is 13.4. The molecule has 0 amide bonds. The van der Waals surface area contributed by atoms with Gasteiger partial charge in [0.15, 0.2) is 5.13 Å². The second-order valence-corrected chi connectivity index (χ2v) is 7.37. The fourth-order valence-electron chi connectivity index (χ4n) is 2.89. The third-order valence-corrected chi connectivity index (χ3v) is 4.95. The van der Waals surface area contributed by atoms with E-state index in [-0.39, 0.29) is 0 Å². The molecule has 2 aromatic heterocycles. The van der Waals surface area contributed by atoms with Crippen molar-refractivity contribution in [1.82, 2.24) is 19.9 Å². The summed E-state index contributed by atoms with van der Waals surface area (Å²) >= 11 is 1.62. The second-order valence-electron chi connectivity index (χ2n) is 6.13. The van der Waals surface area contributed by atoms with E-state index in [1.165, 1.54) is 24.3 Å². The molecule has 1 N–H and O–H groups in total. The Morgan fingerprint density at radius 2 is 2.23 bits per heavy atom. The van der Waals surface area contributed by atoms with Crippen molar-refractivity contribution in [3.8, 4) is 0 Å². The van der Waals surface area contributed by atoms with E-state index in [4.69, 9.17) is 4.98 Å². The average molecular weight is 317 g/mol. The molecule has 0 bridgehead atoms. The molecule has 22 heavy (non-hydrogen) atoms. The first-order chi connectivity index (χ1) is 10.6. The van der Waals surface area contributed by atoms with Gasteiger partial charge in [0.2, 0.25) is 5.95 Å². The summed E-state index contributed by atoms with van der Waals surface area (Å²) in [6.45, 7) is 8.86. The van der Waals surface area contributed by atoms with Gasteiger partial charge in [0.1, 0.15) is 0 Å². The maximum atomic E-state index is 4.71. The van der Waals surface area contributed by atoms with Gasteiger partial charge in [-0.25, -0.2) is 15.0 Å². The highest BCUT2D eigenvalue weighted by molar-refractivity contribution is 7.15. The summed E-state index contributed by atoms with van der Waals surface area (Å²) < 4.78 is 0. The molecule has 0 saturated carbocycles. The van der Waals surface area contributed by atoms with E-state index in [0.717, 1.165) is 17.4 Å². The summed E-state index contributed by atoms with van der Waals surface area (Å²) in [4.78, 5) is 17.1. The van der Waals surface area contributed by atoms with E-state index in [0.29, 0.717) is 17.9 Å². The van der Waals surface area contributed by atoms with Crippen molar-refractivity contribution in [1.29, 1.82) is 0 Å². The number of aryl methyl sites for hydroxylation is 1. The molecule has 0 aliphatic carbocycles. The number of nitrogens with zero attached hydrogens (tertiary/aromatic N) is 4. The molecule has 2 aromatic rings. The van der Waals surface area contributed by atoms with Gasteiger partial charge < -0.3 is 10.2 Å². The number of aromatic nitrogens is 3. The maximum Gasteiger partial charge on any atom is 0.229 e. The van der Waals surface area contributed by atoms with Gasteiger partial charge in [-0.15, -0.1) is 11.3 Å². The number of piperidine rings is 1. The fraction of sp³-hybridized carbons (Fsp3) is 0.562. The van der Waals surface area contributed by atoms with Crippen molar-refractivity contribution < 1.29 is 0 Å². The van der Waals surface area contributed by atoms with Crippen molar-refractivity contribution >= 4 is 22.4 Å². The maximum absolute atomic E-state index is 4.71. The molecule has 1 fully saturated rings. The highest BCUT2D eigenvalue weighted by Gasteiger charge is 2.24. The molecule has 1 unspecified atom stereocenters. The number of nitrogens with one attached hydrogen (secondary N) is 1. The van der Waals surface area contributed by atoms with Gasteiger partial charge in [-0.2, -0.15) is 0 Å². The molecule has 0 aromatic carbocycles. The van der Waals surface area contributed by atoms with Crippen LogP contribution in [0.25, 0.3) is 0 Å². The SMILES string of the molecule is Cc1cnc(Nc2nccc(C3CCCN(C(C)C)C3)n2)s1. The lowest BCUT2D eigenvalue weighted by atomic mass is 9.94. The number of likely N-dealkylation sites (tertiary alicyclic amines) is 1. The Morgan fingerprint density at radius 3 is 2.95 bits per heavy atom. The van der Waals surface area contributed by atoms with E-state index in [1.54, 1.807) is 11.3 Å². The van der Waals surface area contributed by atoms with Crippen molar-refractivity contribution in [3.63, 3.8) is 0 Å². The van der Waals surface area contributed by atoms with Crippen molar-refractivity contribution in [2.24, 2.45) is 0 Å². The van der Waals surface area contributed by atoms with Crippen molar-refractivity contribution in [2.75, 3.05) is 18.4 Å². The van der Waals surface area contributed by atoms with Gasteiger partial charge in [0, 0.05) is 35.8 Å². The highest BCUT2D eigenvalue weighted by Crippen LogP contribution is 2.27. The number of thiazole rings is 1. The highest BCUT2D eigenvalue weighted by atomic mass is 32.1. The van der Waals surface area contributed by atoms with Crippen LogP contribution >= 0.6 is 11.3 Å². The summed E-state index contributed by atoms with van der Waals surface area (Å²) in [5.41, 5.74) is 1.14. The number of hydrogen-bond donors (Lipinski definition) is 1. The lowest BCUT2D eigenvalue weighted by Crippen LogP contribution is -2.39. The normalized spacial score (nSPS) is 19.5. The molecule has 1 saturated heterocycles. The molecule has 1 atom stereocenters. The van der Waals surface area contributed by atoms with E-state index >= 15 is 0 Å². The number of hydrogen-bond acceptors (Lipinski definition) is 6. The molecule has 1 aliphatic rings. The third kappa shape index (κ3) is 3.62. The Balaban J connectivity index is 1.73. The summed E-state index contributed by atoms with van der Waals surface area (Å²) in [6, 6.07) is 2.65. The van der Waals surface area contributed by atoms with Crippen LogP contribution in [0.2, 0.25) is 0 Å². The Morgan fingerprint density at radius 1 is 1.36 bits per heavy atom. The lowest BCUT2D eigenvalue weighted by Gasteiger charge is -2.35. The average Bonchev–Trinajstić information content (AvgIpc) is 2.93. The first-order valence-corrected chi connectivity index (χ1v) is 8.70. The molecule has 5 nitrogen and oxygen atoms in total. The van der Waals surface area contributed by atoms with Crippen LogP contribution in [0.15, 0.2) is 18.5 Å². The van der Waals surface area contributed by atoms with Gasteiger partial charge in [0.05, 0.1) is 5.69 Å². The van der Waals surface area contributed by atoms with Crippen LogP contribution in [-0.2, 0) is 0 Å². The van der Waals surface area contributed by atoms with Crippen LogP contribution < -0.4 is 5.32 Å². The minimum atomic E-state index is 0.498. The fourth-order valence-corrected chi connectivity index (χ4v) is 3.54. The Bertz CT molecular complexity index is 625. The largest absolute Gasteiger partial charge is 0.300 e. The van der Waals surface area contributed by atoms with Crippen LogP contribution in [0.3, 0.4) is 0 Å². The van der Waals surface area contributed by atoms with Gasteiger partial charge in [0.25, 0.3) is 0 Å². The van der Waals surface area contributed by atoms with E-state index in [9.17, 15) is 0 Å². The molecule has 118 valence electrons. The van der Waals surface area contributed by atoms with Crippen LogP contribution in [0, 0.1) is 6.92 Å². The van der Waals surface area contributed by atoms with Gasteiger partial charge >= 0.3 is 0 Å². The number of anilines is 2. The molecular weight excluding hydrogens is 294 g/mol. The molecule has 3 heterocycles. The Hall–Kier alpha value is -1.53.